The molecule has 1 aliphatic rings. The SMILES string of the molecule is O=C(NCc1cccnc1)c1ccn(C2CCCC2)n1. The molecule has 1 saturated carbocycles. The van der Waals surface area contributed by atoms with Gasteiger partial charge in [0.15, 0.2) is 0 Å². The van der Waals surface area contributed by atoms with Gasteiger partial charge in [0.25, 0.3) is 5.91 Å². The fourth-order valence-electron chi connectivity index (χ4n) is 2.61. The highest BCUT2D eigenvalue weighted by Crippen LogP contribution is 2.28. The lowest BCUT2D eigenvalue weighted by Gasteiger charge is -2.08. The van der Waals surface area contributed by atoms with E-state index in [1.807, 2.05) is 23.0 Å². The first-order valence-corrected chi connectivity index (χ1v) is 7.05. The zero-order valence-corrected chi connectivity index (χ0v) is 11.3. The first-order chi connectivity index (χ1) is 9.83. The molecule has 5 nitrogen and oxygen atoms in total. The molecule has 1 N–H and O–H groups in total. The van der Waals surface area contributed by atoms with Gasteiger partial charge in [-0.25, -0.2) is 0 Å². The quantitative estimate of drug-likeness (QED) is 0.927. The number of nitrogens with zero attached hydrogens (tertiary/aromatic N) is 3. The summed E-state index contributed by atoms with van der Waals surface area (Å²) < 4.78 is 1.94. The van der Waals surface area contributed by atoms with Crippen LogP contribution in [0.5, 0.6) is 0 Å². The lowest BCUT2D eigenvalue weighted by Crippen LogP contribution is -2.23. The molecule has 1 aliphatic carbocycles. The van der Waals surface area contributed by atoms with E-state index in [0.29, 0.717) is 18.3 Å². The number of nitrogens with one attached hydrogen (secondary N) is 1. The van der Waals surface area contributed by atoms with Crippen LogP contribution in [0.2, 0.25) is 0 Å². The maximum atomic E-state index is 12.0. The lowest BCUT2D eigenvalue weighted by atomic mass is 10.3. The third-order valence-electron chi connectivity index (χ3n) is 3.72. The van der Waals surface area contributed by atoms with Crippen molar-refractivity contribution in [3.05, 3.63) is 48.0 Å². The molecule has 0 aromatic carbocycles. The van der Waals surface area contributed by atoms with Gasteiger partial charge in [-0.3, -0.25) is 14.5 Å². The Labute approximate surface area is 118 Å². The van der Waals surface area contributed by atoms with Crippen molar-refractivity contribution >= 4 is 5.91 Å². The second-order valence-electron chi connectivity index (χ2n) is 5.16. The van der Waals surface area contributed by atoms with Crippen LogP contribution in [0.4, 0.5) is 0 Å². The minimum absolute atomic E-state index is 0.134. The van der Waals surface area contributed by atoms with Gasteiger partial charge in [-0.1, -0.05) is 18.9 Å². The zero-order chi connectivity index (χ0) is 13.8. The normalized spacial score (nSPS) is 15.4. The number of pyridine rings is 1. The van der Waals surface area contributed by atoms with Gasteiger partial charge in [-0.15, -0.1) is 0 Å². The first kappa shape index (κ1) is 12.8. The zero-order valence-electron chi connectivity index (χ0n) is 11.3. The molecule has 0 bridgehead atoms. The molecule has 0 atom stereocenters. The number of rotatable bonds is 4. The van der Waals surface area contributed by atoms with Gasteiger partial charge >= 0.3 is 0 Å². The Kier molecular flexibility index (Phi) is 3.76. The molecular formula is C15H18N4O. The number of aromatic nitrogens is 3. The molecule has 0 spiro atoms. The molecule has 0 radical (unpaired) electrons. The van der Waals surface area contributed by atoms with Crippen molar-refractivity contribution in [1.29, 1.82) is 0 Å². The average molecular weight is 270 g/mol. The molecule has 3 rings (SSSR count). The minimum atomic E-state index is -0.134. The van der Waals surface area contributed by atoms with Crippen molar-refractivity contribution in [3.63, 3.8) is 0 Å². The fraction of sp³-hybridized carbons (Fsp3) is 0.400. The Morgan fingerprint density at radius 1 is 1.35 bits per heavy atom. The summed E-state index contributed by atoms with van der Waals surface area (Å²) in [6, 6.07) is 6.05. The van der Waals surface area contributed by atoms with Crippen molar-refractivity contribution in [2.75, 3.05) is 0 Å². The molecule has 2 heterocycles. The average Bonchev–Trinajstić information content (AvgIpc) is 3.16. The van der Waals surface area contributed by atoms with Gasteiger partial charge in [-0.05, 0) is 30.5 Å². The third kappa shape index (κ3) is 2.87. The Morgan fingerprint density at radius 2 is 2.20 bits per heavy atom. The monoisotopic (exact) mass is 270 g/mol. The second-order valence-corrected chi connectivity index (χ2v) is 5.16. The van der Waals surface area contributed by atoms with Crippen molar-refractivity contribution in [3.8, 4) is 0 Å². The number of amides is 1. The molecule has 0 aliphatic heterocycles. The molecule has 1 fully saturated rings. The summed E-state index contributed by atoms with van der Waals surface area (Å²) in [4.78, 5) is 16.1. The Morgan fingerprint density at radius 3 is 2.95 bits per heavy atom. The largest absolute Gasteiger partial charge is 0.347 e. The summed E-state index contributed by atoms with van der Waals surface area (Å²) >= 11 is 0. The molecule has 104 valence electrons. The third-order valence-corrected chi connectivity index (χ3v) is 3.72. The van der Waals surface area contributed by atoms with Gasteiger partial charge < -0.3 is 5.32 Å². The summed E-state index contributed by atoms with van der Waals surface area (Å²) in [7, 11) is 0. The molecule has 2 aromatic rings. The number of hydrogen-bond acceptors (Lipinski definition) is 3. The lowest BCUT2D eigenvalue weighted by molar-refractivity contribution is 0.0944. The van der Waals surface area contributed by atoms with E-state index >= 15 is 0 Å². The molecule has 0 saturated heterocycles. The van der Waals surface area contributed by atoms with E-state index in [2.05, 4.69) is 15.4 Å². The molecule has 2 aromatic heterocycles. The van der Waals surface area contributed by atoms with E-state index < -0.39 is 0 Å². The van der Waals surface area contributed by atoms with Gasteiger partial charge in [0.1, 0.15) is 5.69 Å². The predicted octanol–water partition coefficient (Wildman–Crippen LogP) is 2.32. The van der Waals surface area contributed by atoms with Crippen LogP contribution in [0.15, 0.2) is 36.8 Å². The smallest absolute Gasteiger partial charge is 0.272 e. The summed E-state index contributed by atoms with van der Waals surface area (Å²) in [5.74, 6) is -0.134. The predicted molar refractivity (Wildman–Crippen MR) is 75.1 cm³/mol. The van der Waals surface area contributed by atoms with Crippen molar-refractivity contribution in [2.24, 2.45) is 0 Å². The van der Waals surface area contributed by atoms with Crippen molar-refractivity contribution in [2.45, 2.75) is 38.3 Å². The second kappa shape index (κ2) is 5.86. The van der Waals surface area contributed by atoms with Crippen LogP contribution >= 0.6 is 0 Å². The van der Waals surface area contributed by atoms with Crippen LogP contribution in [-0.4, -0.2) is 20.7 Å². The summed E-state index contributed by atoms with van der Waals surface area (Å²) in [5.41, 5.74) is 1.47. The number of carbonyl (C=O) groups excluding carboxylic acids is 1. The highest BCUT2D eigenvalue weighted by molar-refractivity contribution is 5.92. The topological polar surface area (TPSA) is 59.8 Å². The summed E-state index contributed by atoms with van der Waals surface area (Å²) in [6.07, 6.45) is 10.2. The van der Waals surface area contributed by atoms with Gasteiger partial charge in [-0.2, -0.15) is 5.10 Å². The molecule has 5 heteroatoms. The van der Waals surface area contributed by atoms with E-state index in [1.54, 1.807) is 18.5 Å². The van der Waals surface area contributed by atoms with Crippen LogP contribution in [0.1, 0.15) is 47.8 Å². The molecule has 0 unspecified atom stereocenters. The Hall–Kier alpha value is -2.17. The van der Waals surface area contributed by atoms with Crippen LogP contribution in [0, 0.1) is 0 Å². The van der Waals surface area contributed by atoms with Crippen molar-refractivity contribution in [1.82, 2.24) is 20.1 Å². The van der Waals surface area contributed by atoms with E-state index in [9.17, 15) is 4.79 Å². The van der Waals surface area contributed by atoms with Crippen LogP contribution in [-0.2, 0) is 6.54 Å². The standard InChI is InChI=1S/C15H18N4O/c20-15(17-11-12-4-3-8-16-10-12)14-7-9-19(18-14)13-5-1-2-6-13/h3-4,7-10,13H,1-2,5-6,11H2,(H,17,20). The van der Waals surface area contributed by atoms with Crippen molar-refractivity contribution < 1.29 is 4.79 Å². The molecular weight excluding hydrogens is 252 g/mol. The van der Waals surface area contributed by atoms with Gasteiger partial charge in [0.2, 0.25) is 0 Å². The maximum absolute atomic E-state index is 12.0. The van der Waals surface area contributed by atoms with Crippen LogP contribution in [0.25, 0.3) is 0 Å². The number of hydrogen-bond donors (Lipinski definition) is 1. The van der Waals surface area contributed by atoms with Gasteiger partial charge in [0.05, 0.1) is 6.04 Å². The van der Waals surface area contributed by atoms with E-state index in [4.69, 9.17) is 0 Å². The van der Waals surface area contributed by atoms with E-state index in [0.717, 1.165) is 5.56 Å². The highest BCUT2D eigenvalue weighted by Gasteiger charge is 2.19. The fourth-order valence-corrected chi connectivity index (χ4v) is 2.61. The van der Waals surface area contributed by atoms with Crippen LogP contribution < -0.4 is 5.32 Å². The summed E-state index contributed by atoms with van der Waals surface area (Å²) in [5, 5.41) is 7.26. The van der Waals surface area contributed by atoms with Crippen LogP contribution in [0.3, 0.4) is 0 Å². The highest BCUT2D eigenvalue weighted by atomic mass is 16.1. The molecule has 20 heavy (non-hydrogen) atoms. The van der Waals surface area contributed by atoms with E-state index in [-0.39, 0.29) is 5.91 Å². The molecule has 1 amide bonds. The Bertz CT molecular complexity index is 573. The maximum Gasteiger partial charge on any atom is 0.272 e. The first-order valence-electron chi connectivity index (χ1n) is 7.05. The summed E-state index contributed by atoms with van der Waals surface area (Å²) in [6.45, 7) is 0.475. The minimum Gasteiger partial charge on any atom is -0.347 e. The number of carbonyl (C=O) groups is 1. The van der Waals surface area contributed by atoms with E-state index in [1.165, 1.54) is 25.7 Å². The Balaban J connectivity index is 1.59. The van der Waals surface area contributed by atoms with Gasteiger partial charge in [0, 0.05) is 25.1 Å².